The van der Waals surface area contributed by atoms with Gasteiger partial charge < -0.3 is 15.0 Å². The molecule has 32 heavy (non-hydrogen) atoms. The van der Waals surface area contributed by atoms with Gasteiger partial charge in [-0.15, -0.1) is 0 Å². The predicted molar refractivity (Wildman–Crippen MR) is 119 cm³/mol. The summed E-state index contributed by atoms with van der Waals surface area (Å²) in [6.07, 6.45) is 2.66. The van der Waals surface area contributed by atoms with Crippen molar-refractivity contribution in [2.45, 2.75) is 58.3 Å². The highest BCUT2D eigenvalue weighted by Crippen LogP contribution is 2.33. The second-order valence-corrected chi connectivity index (χ2v) is 8.98. The lowest BCUT2D eigenvalue weighted by molar-refractivity contribution is 0.0742. The van der Waals surface area contributed by atoms with Gasteiger partial charge in [-0.05, 0) is 52.3 Å². The van der Waals surface area contributed by atoms with E-state index in [0.29, 0.717) is 41.1 Å². The van der Waals surface area contributed by atoms with Crippen LogP contribution in [0.15, 0.2) is 18.2 Å². The number of halogens is 2. The van der Waals surface area contributed by atoms with Crippen molar-refractivity contribution in [2.24, 2.45) is 0 Å². The van der Waals surface area contributed by atoms with Gasteiger partial charge in [-0.1, -0.05) is 11.6 Å². The first-order valence-electron chi connectivity index (χ1n) is 10.8. The molecule has 168 valence electrons. The van der Waals surface area contributed by atoms with E-state index in [4.69, 9.17) is 16.3 Å². The number of fused-ring (bicyclic) bond motifs is 3. The number of amides is 1. The van der Waals surface area contributed by atoms with Crippen LogP contribution in [0, 0.1) is 19.7 Å². The number of carbonyl (C=O) groups excluding carboxylic acids is 1. The van der Waals surface area contributed by atoms with Crippen LogP contribution < -0.4 is 10.1 Å². The van der Waals surface area contributed by atoms with E-state index in [-0.39, 0.29) is 12.0 Å². The summed E-state index contributed by atoms with van der Waals surface area (Å²) in [5, 5.41) is 8.48. The molecule has 2 aliphatic rings. The summed E-state index contributed by atoms with van der Waals surface area (Å²) in [6, 6.07) is 4.50. The van der Waals surface area contributed by atoms with Crippen LogP contribution in [-0.2, 0) is 13.1 Å². The topological polar surface area (TPSA) is 71.8 Å². The van der Waals surface area contributed by atoms with Gasteiger partial charge in [-0.3, -0.25) is 4.79 Å². The second kappa shape index (κ2) is 8.01. The highest BCUT2D eigenvalue weighted by atomic mass is 35.5. The van der Waals surface area contributed by atoms with E-state index in [1.54, 1.807) is 9.42 Å². The molecule has 3 heterocycles. The average Bonchev–Trinajstić information content (AvgIpc) is 3.47. The van der Waals surface area contributed by atoms with E-state index < -0.39 is 5.82 Å². The molecule has 0 radical (unpaired) electrons. The minimum absolute atomic E-state index is 0.0410. The zero-order chi connectivity index (χ0) is 22.6. The Morgan fingerprint density at radius 2 is 2.09 bits per heavy atom. The Morgan fingerprint density at radius 3 is 2.84 bits per heavy atom. The molecule has 3 aromatic rings. The smallest absolute Gasteiger partial charge is 0.258 e. The minimum atomic E-state index is -0.422. The molecular weight excluding hydrogens is 433 g/mol. The van der Waals surface area contributed by atoms with Crippen LogP contribution in [0.25, 0.3) is 5.65 Å². The van der Waals surface area contributed by atoms with Crippen molar-refractivity contribution in [3.63, 3.8) is 0 Å². The molecule has 1 N–H and O–H groups in total. The van der Waals surface area contributed by atoms with Crippen LogP contribution in [0.3, 0.4) is 0 Å². The van der Waals surface area contributed by atoms with Crippen LogP contribution in [-0.4, -0.2) is 44.6 Å². The Morgan fingerprint density at radius 1 is 1.28 bits per heavy atom. The number of hydrogen-bond acceptors (Lipinski definition) is 5. The second-order valence-electron chi connectivity index (χ2n) is 8.60. The number of nitrogens with zero attached hydrogens (tertiary/aromatic N) is 4. The molecule has 1 fully saturated rings. The molecule has 1 aliphatic carbocycles. The van der Waals surface area contributed by atoms with Gasteiger partial charge in [0.25, 0.3) is 5.91 Å². The van der Waals surface area contributed by atoms with Gasteiger partial charge in [0.1, 0.15) is 17.7 Å². The molecule has 5 rings (SSSR count). The number of ether oxygens (including phenoxy) is 1. The Kier molecular flexibility index (Phi) is 5.29. The molecule has 1 aromatic carbocycles. The third kappa shape index (κ3) is 3.51. The lowest BCUT2D eigenvalue weighted by Crippen LogP contribution is -2.27. The van der Waals surface area contributed by atoms with E-state index in [0.717, 1.165) is 41.9 Å². The van der Waals surface area contributed by atoms with Gasteiger partial charge in [-0.2, -0.15) is 5.10 Å². The number of nitrogens with one attached hydrogen (secondary N) is 1. The van der Waals surface area contributed by atoms with Gasteiger partial charge in [0.2, 0.25) is 0 Å². The Hall–Kier alpha value is -2.71. The third-order valence-corrected chi connectivity index (χ3v) is 7.05. The fourth-order valence-corrected chi connectivity index (χ4v) is 4.81. The molecule has 1 amide bonds. The van der Waals surface area contributed by atoms with Gasteiger partial charge in [0.15, 0.2) is 5.65 Å². The van der Waals surface area contributed by atoms with E-state index >= 15 is 0 Å². The maximum absolute atomic E-state index is 14.0. The van der Waals surface area contributed by atoms with Crippen molar-refractivity contribution in [1.29, 1.82) is 0 Å². The van der Waals surface area contributed by atoms with Gasteiger partial charge >= 0.3 is 0 Å². The summed E-state index contributed by atoms with van der Waals surface area (Å²) in [7, 11) is 1.93. The number of rotatable bonds is 4. The molecule has 0 bridgehead atoms. The number of carbonyl (C=O) groups is 1. The Bertz CT molecular complexity index is 1230. The summed E-state index contributed by atoms with van der Waals surface area (Å²) in [5.74, 6) is -0.331. The molecular formula is C23H25ClFN5O2. The van der Waals surface area contributed by atoms with Crippen LogP contribution in [0.2, 0.25) is 5.02 Å². The molecule has 1 aliphatic heterocycles. The van der Waals surface area contributed by atoms with Crippen LogP contribution in [0.4, 0.5) is 4.39 Å². The molecule has 9 heteroatoms. The van der Waals surface area contributed by atoms with Crippen LogP contribution >= 0.6 is 11.6 Å². The SMILES string of the molecule is CN[C@@H]1CC[C@H](Oc2cc(F)ccc2C(=O)N2Cc3nn4c(C)c(Cl)c(C)nc4c3C2)C1. The molecule has 7 nitrogen and oxygen atoms in total. The van der Waals surface area contributed by atoms with E-state index in [1.165, 1.54) is 18.2 Å². The normalized spacial score (nSPS) is 20.2. The first kappa shape index (κ1) is 21.2. The maximum Gasteiger partial charge on any atom is 0.258 e. The maximum atomic E-state index is 14.0. The molecule has 1 saturated carbocycles. The number of aromatic nitrogens is 3. The average molecular weight is 458 g/mol. The number of benzene rings is 1. The Balaban J connectivity index is 1.41. The summed E-state index contributed by atoms with van der Waals surface area (Å²) in [5.41, 5.74) is 4.35. The third-order valence-electron chi connectivity index (χ3n) is 6.50. The first-order valence-corrected chi connectivity index (χ1v) is 11.2. The summed E-state index contributed by atoms with van der Waals surface area (Å²) < 4.78 is 21.8. The van der Waals surface area contributed by atoms with Crippen molar-refractivity contribution >= 4 is 23.2 Å². The highest BCUT2D eigenvalue weighted by Gasteiger charge is 2.33. The molecule has 0 spiro atoms. The van der Waals surface area contributed by atoms with Gasteiger partial charge in [-0.25, -0.2) is 13.9 Å². The van der Waals surface area contributed by atoms with E-state index in [2.05, 4.69) is 15.4 Å². The monoisotopic (exact) mass is 457 g/mol. The number of aryl methyl sites for hydroxylation is 2. The highest BCUT2D eigenvalue weighted by molar-refractivity contribution is 6.31. The zero-order valence-corrected chi connectivity index (χ0v) is 19.0. The van der Waals surface area contributed by atoms with Crippen LogP contribution in [0.5, 0.6) is 5.75 Å². The summed E-state index contributed by atoms with van der Waals surface area (Å²) >= 11 is 6.32. The molecule has 0 saturated heterocycles. The summed E-state index contributed by atoms with van der Waals surface area (Å²) in [4.78, 5) is 19.7. The fourth-order valence-electron chi connectivity index (χ4n) is 4.69. The van der Waals surface area contributed by atoms with Crippen LogP contribution in [0.1, 0.15) is 52.3 Å². The van der Waals surface area contributed by atoms with Crippen molar-refractivity contribution < 1.29 is 13.9 Å². The fraction of sp³-hybridized carbons (Fsp3) is 0.435. The molecule has 2 aromatic heterocycles. The molecule has 0 unspecified atom stereocenters. The van der Waals surface area contributed by atoms with Crippen molar-refractivity contribution in [3.05, 3.63) is 57.2 Å². The number of hydrogen-bond donors (Lipinski definition) is 1. The Labute approximate surface area is 190 Å². The standard InChI is InChI=1S/C23H25ClFN5O2/c1-12-21(24)13(2)30-22(27-12)18-10-29(11-19(18)28-30)23(31)17-7-4-14(25)8-20(17)32-16-6-5-15(9-16)26-3/h4,7-8,15-16,26H,5-6,9-11H2,1-3H3/t15-,16+/m1/s1. The summed E-state index contributed by atoms with van der Waals surface area (Å²) in [6.45, 7) is 4.50. The lowest BCUT2D eigenvalue weighted by atomic mass is 10.1. The predicted octanol–water partition coefficient (Wildman–Crippen LogP) is 3.81. The van der Waals surface area contributed by atoms with Crippen molar-refractivity contribution in [1.82, 2.24) is 24.8 Å². The van der Waals surface area contributed by atoms with E-state index in [9.17, 15) is 9.18 Å². The molecule has 2 atom stereocenters. The van der Waals surface area contributed by atoms with Gasteiger partial charge in [0.05, 0.1) is 40.8 Å². The minimum Gasteiger partial charge on any atom is -0.489 e. The van der Waals surface area contributed by atoms with Gasteiger partial charge in [0, 0.05) is 17.7 Å². The largest absolute Gasteiger partial charge is 0.489 e. The van der Waals surface area contributed by atoms with Crippen molar-refractivity contribution in [3.8, 4) is 5.75 Å². The first-order chi connectivity index (χ1) is 15.4. The zero-order valence-electron chi connectivity index (χ0n) is 18.3. The lowest BCUT2D eigenvalue weighted by Gasteiger charge is -2.21. The van der Waals surface area contributed by atoms with E-state index in [1.807, 2.05) is 20.9 Å². The quantitative estimate of drug-likeness (QED) is 0.645. The van der Waals surface area contributed by atoms with Crippen molar-refractivity contribution in [2.75, 3.05) is 7.05 Å².